The molecule has 0 spiro atoms. The molecule has 134 valence electrons. The van der Waals surface area contributed by atoms with Gasteiger partial charge in [0.25, 0.3) is 0 Å². The molecule has 0 unspecified atom stereocenters. The molecule has 0 atom stereocenters. The molecular formula is C17H24N6O2. The molecule has 3 heterocycles. The number of ether oxygens (including phenoxy) is 1. The van der Waals surface area contributed by atoms with Gasteiger partial charge in [0, 0.05) is 31.3 Å². The van der Waals surface area contributed by atoms with Crippen LogP contribution in [0.3, 0.4) is 0 Å². The Morgan fingerprint density at radius 2 is 2.00 bits per heavy atom. The van der Waals surface area contributed by atoms with E-state index in [1.54, 1.807) is 19.4 Å². The van der Waals surface area contributed by atoms with Crippen LogP contribution in [-0.2, 0) is 5.54 Å². The summed E-state index contributed by atoms with van der Waals surface area (Å²) in [6.07, 6.45) is 7.74. The topological polar surface area (TPSA) is 103 Å². The maximum absolute atomic E-state index is 6.43. The fourth-order valence-electron chi connectivity index (χ4n) is 3.76. The summed E-state index contributed by atoms with van der Waals surface area (Å²) in [5, 5.41) is 4.18. The molecule has 1 aliphatic carbocycles. The van der Waals surface area contributed by atoms with Crippen molar-refractivity contribution in [3.63, 3.8) is 0 Å². The van der Waals surface area contributed by atoms with Crippen molar-refractivity contribution in [1.29, 1.82) is 0 Å². The first kappa shape index (κ1) is 16.3. The van der Waals surface area contributed by atoms with E-state index in [2.05, 4.69) is 25.0 Å². The van der Waals surface area contributed by atoms with Crippen LogP contribution in [0.25, 0.3) is 0 Å². The number of hydrogen-bond acceptors (Lipinski definition) is 8. The first-order valence-corrected chi connectivity index (χ1v) is 8.93. The van der Waals surface area contributed by atoms with Gasteiger partial charge in [0.2, 0.25) is 17.7 Å². The van der Waals surface area contributed by atoms with Gasteiger partial charge in [-0.25, -0.2) is 4.98 Å². The van der Waals surface area contributed by atoms with Crippen LogP contribution in [0.1, 0.15) is 56.2 Å². The number of aromatic nitrogens is 4. The summed E-state index contributed by atoms with van der Waals surface area (Å²) in [4.78, 5) is 15.5. The highest BCUT2D eigenvalue weighted by Crippen LogP contribution is 2.36. The van der Waals surface area contributed by atoms with E-state index in [-0.39, 0.29) is 5.92 Å². The Labute approximate surface area is 146 Å². The Hall–Kier alpha value is -2.22. The highest BCUT2D eigenvalue weighted by molar-refractivity contribution is 5.33. The van der Waals surface area contributed by atoms with Crippen LogP contribution < -0.4 is 15.4 Å². The third-order valence-electron chi connectivity index (χ3n) is 5.34. The van der Waals surface area contributed by atoms with Crippen LogP contribution in [0.4, 0.5) is 5.95 Å². The number of methoxy groups -OCH3 is 1. The van der Waals surface area contributed by atoms with Crippen molar-refractivity contribution in [2.24, 2.45) is 5.73 Å². The van der Waals surface area contributed by atoms with Crippen LogP contribution in [0.2, 0.25) is 0 Å². The minimum Gasteiger partial charge on any atom is -0.481 e. The SMILES string of the molecule is COc1ccnc(N2CCC(c3nc(C4(N)CCCC4)no3)CC2)n1. The molecule has 2 fully saturated rings. The second kappa shape index (κ2) is 6.59. The van der Waals surface area contributed by atoms with Crippen molar-refractivity contribution in [3.8, 4) is 5.88 Å². The summed E-state index contributed by atoms with van der Waals surface area (Å²) in [7, 11) is 1.61. The van der Waals surface area contributed by atoms with Crippen molar-refractivity contribution in [2.45, 2.75) is 50.0 Å². The molecule has 2 aromatic rings. The van der Waals surface area contributed by atoms with Crippen LogP contribution in [0, 0.1) is 0 Å². The Morgan fingerprint density at radius 3 is 2.72 bits per heavy atom. The molecule has 0 amide bonds. The summed E-state index contributed by atoms with van der Waals surface area (Å²) in [6.45, 7) is 1.70. The summed E-state index contributed by atoms with van der Waals surface area (Å²) >= 11 is 0. The summed E-state index contributed by atoms with van der Waals surface area (Å²) in [5.41, 5.74) is 6.04. The largest absolute Gasteiger partial charge is 0.481 e. The fourth-order valence-corrected chi connectivity index (χ4v) is 3.76. The van der Waals surface area contributed by atoms with Gasteiger partial charge in [-0.2, -0.15) is 9.97 Å². The van der Waals surface area contributed by atoms with E-state index >= 15 is 0 Å². The average molecular weight is 344 g/mol. The Bertz CT molecular complexity index is 719. The lowest BCUT2D eigenvalue weighted by Crippen LogP contribution is -2.35. The van der Waals surface area contributed by atoms with Crippen LogP contribution in [0.15, 0.2) is 16.8 Å². The van der Waals surface area contributed by atoms with Gasteiger partial charge in [0.15, 0.2) is 5.82 Å². The minimum absolute atomic E-state index is 0.271. The predicted octanol–water partition coefficient (Wildman–Crippen LogP) is 1.98. The zero-order chi connectivity index (χ0) is 17.3. The van der Waals surface area contributed by atoms with Gasteiger partial charge < -0.3 is 19.9 Å². The van der Waals surface area contributed by atoms with Crippen molar-refractivity contribution in [1.82, 2.24) is 20.1 Å². The monoisotopic (exact) mass is 344 g/mol. The van der Waals surface area contributed by atoms with Crippen LogP contribution in [-0.4, -0.2) is 40.3 Å². The van der Waals surface area contributed by atoms with Crippen molar-refractivity contribution in [2.75, 3.05) is 25.1 Å². The molecule has 0 aromatic carbocycles. The quantitative estimate of drug-likeness (QED) is 0.898. The van der Waals surface area contributed by atoms with Gasteiger partial charge in [-0.15, -0.1) is 0 Å². The van der Waals surface area contributed by atoms with Crippen molar-refractivity contribution >= 4 is 5.95 Å². The number of anilines is 1. The summed E-state index contributed by atoms with van der Waals surface area (Å²) < 4.78 is 10.7. The molecule has 8 nitrogen and oxygen atoms in total. The lowest BCUT2D eigenvalue weighted by molar-refractivity contribution is 0.316. The smallest absolute Gasteiger partial charge is 0.229 e. The van der Waals surface area contributed by atoms with Crippen LogP contribution in [0.5, 0.6) is 5.88 Å². The molecule has 4 rings (SSSR count). The molecule has 1 saturated carbocycles. The van der Waals surface area contributed by atoms with E-state index in [9.17, 15) is 0 Å². The van der Waals surface area contributed by atoms with Gasteiger partial charge in [0.1, 0.15) is 0 Å². The number of nitrogens with zero attached hydrogens (tertiary/aromatic N) is 5. The van der Waals surface area contributed by atoms with Gasteiger partial charge >= 0.3 is 0 Å². The second-order valence-electron chi connectivity index (χ2n) is 6.98. The molecule has 1 aliphatic heterocycles. The summed E-state index contributed by atoms with van der Waals surface area (Å²) in [6, 6.07) is 1.75. The van der Waals surface area contributed by atoms with Gasteiger partial charge in [-0.1, -0.05) is 18.0 Å². The predicted molar refractivity (Wildman–Crippen MR) is 91.4 cm³/mol. The molecule has 2 N–H and O–H groups in total. The molecular weight excluding hydrogens is 320 g/mol. The van der Waals surface area contributed by atoms with Gasteiger partial charge in [0.05, 0.1) is 12.6 Å². The highest BCUT2D eigenvalue weighted by atomic mass is 16.5. The standard InChI is InChI=1S/C17H24N6O2/c1-24-13-4-9-19-16(20-13)23-10-5-12(6-11-23)14-21-15(22-25-14)17(18)7-2-3-8-17/h4,9,12H,2-3,5-8,10-11,18H2,1H3. The second-order valence-corrected chi connectivity index (χ2v) is 6.98. The van der Waals surface area contributed by atoms with E-state index in [1.165, 1.54) is 0 Å². The number of hydrogen-bond donors (Lipinski definition) is 1. The lowest BCUT2D eigenvalue weighted by Gasteiger charge is -2.30. The molecule has 25 heavy (non-hydrogen) atoms. The third-order valence-corrected chi connectivity index (χ3v) is 5.34. The van der Waals surface area contributed by atoms with Gasteiger partial charge in [-0.3, -0.25) is 0 Å². The van der Waals surface area contributed by atoms with E-state index in [0.29, 0.717) is 17.7 Å². The Kier molecular flexibility index (Phi) is 4.29. The molecule has 8 heteroatoms. The van der Waals surface area contributed by atoms with E-state index in [0.717, 1.165) is 57.5 Å². The van der Waals surface area contributed by atoms with Crippen molar-refractivity contribution < 1.29 is 9.26 Å². The maximum Gasteiger partial charge on any atom is 0.229 e. The zero-order valence-corrected chi connectivity index (χ0v) is 14.5. The first-order chi connectivity index (χ1) is 12.2. The highest BCUT2D eigenvalue weighted by Gasteiger charge is 2.37. The molecule has 0 bridgehead atoms. The van der Waals surface area contributed by atoms with E-state index in [4.69, 9.17) is 15.0 Å². The third kappa shape index (κ3) is 3.18. The molecule has 2 aromatic heterocycles. The molecule has 0 radical (unpaired) electrons. The number of piperidine rings is 1. The zero-order valence-electron chi connectivity index (χ0n) is 14.5. The number of rotatable bonds is 4. The lowest BCUT2D eigenvalue weighted by atomic mass is 9.96. The number of nitrogens with two attached hydrogens (primary N) is 1. The van der Waals surface area contributed by atoms with E-state index < -0.39 is 5.54 Å². The first-order valence-electron chi connectivity index (χ1n) is 8.93. The maximum atomic E-state index is 6.43. The van der Waals surface area contributed by atoms with Crippen molar-refractivity contribution in [3.05, 3.63) is 24.0 Å². The molecule has 2 aliphatic rings. The summed E-state index contributed by atoms with van der Waals surface area (Å²) in [5.74, 6) is 2.96. The van der Waals surface area contributed by atoms with Crippen LogP contribution >= 0.6 is 0 Å². The fraction of sp³-hybridized carbons (Fsp3) is 0.647. The average Bonchev–Trinajstić information content (AvgIpc) is 3.32. The Balaban J connectivity index is 1.41. The minimum atomic E-state index is -0.392. The van der Waals surface area contributed by atoms with E-state index in [1.807, 2.05) is 0 Å². The molecule has 1 saturated heterocycles. The van der Waals surface area contributed by atoms with Gasteiger partial charge in [-0.05, 0) is 25.7 Å². The normalized spacial score (nSPS) is 20.8. The Morgan fingerprint density at radius 1 is 1.24 bits per heavy atom.